The molecule has 0 aromatic rings. The normalized spacial score (nSPS) is 28.9. The maximum atomic E-state index is 12.5. The second kappa shape index (κ2) is 20.9. The Morgan fingerprint density at radius 2 is 1.51 bits per heavy atom. The fourth-order valence-electron chi connectivity index (χ4n) is 6.33. The number of aliphatic hydroxyl groups is 1. The van der Waals surface area contributed by atoms with Gasteiger partial charge in [0, 0.05) is 36.9 Å². The minimum Gasteiger partial charge on any atom is -0.478 e. The topological polar surface area (TPSA) is 121 Å². The van der Waals surface area contributed by atoms with Crippen LogP contribution in [0.25, 0.3) is 0 Å². The standard InChI is InChI=1S/C46H80O9Si2/c1-33(29-37-34(2)38(55-57(15,16)45(9,10)11)30-35(53-37)24-21-18-22-26-41(48)49)23-19-17-20-25-36-31-39(47)46(12,32-52-56(13,14)44(6,7)8)40(54-36)27-28-51-42(50)43(3,4)5/h18-23,25-26,29,34-40,47H,17,24,27-28,30-32H2,1-16H3,(H,48,49)/b21-18+,23-19+,25-20-,26-22+,33-29-/t34-,35-,36-,37+,38-,39-,40+,46-/m1/s1. The summed E-state index contributed by atoms with van der Waals surface area (Å²) in [6.07, 6.45) is 18.6. The van der Waals surface area contributed by atoms with Gasteiger partial charge in [-0.05, 0) is 83.2 Å². The van der Waals surface area contributed by atoms with E-state index in [4.69, 9.17) is 28.2 Å². The molecule has 0 aromatic heterocycles. The van der Waals surface area contributed by atoms with Gasteiger partial charge < -0.3 is 33.3 Å². The summed E-state index contributed by atoms with van der Waals surface area (Å²) in [7, 11) is -4.12. The number of ether oxygens (including phenoxy) is 3. The monoisotopic (exact) mass is 833 g/mol. The third kappa shape index (κ3) is 15.8. The second-order valence-electron chi connectivity index (χ2n) is 20.7. The largest absolute Gasteiger partial charge is 0.478 e. The Labute approximate surface area is 348 Å². The van der Waals surface area contributed by atoms with Crippen LogP contribution in [-0.4, -0.2) is 88.6 Å². The molecule has 57 heavy (non-hydrogen) atoms. The molecular formula is C46H80O9Si2. The summed E-state index contributed by atoms with van der Waals surface area (Å²) in [4.78, 5) is 23.4. The van der Waals surface area contributed by atoms with Crippen molar-refractivity contribution in [2.75, 3.05) is 13.2 Å². The van der Waals surface area contributed by atoms with Crippen LogP contribution >= 0.6 is 0 Å². The molecule has 2 fully saturated rings. The summed E-state index contributed by atoms with van der Waals surface area (Å²) < 4.78 is 32.6. The average Bonchev–Trinajstić information content (AvgIpc) is 3.06. The van der Waals surface area contributed by atoms with Crippen molar-refractivity contribution in [3.05, 3.63) is 60.3 Å². The van der Waals surface area contributed by atoms with E-state index in [1.807, 2.05) is 39.8 Å². The van der Waals surface area contributed by atoms with Crippen LogP contribution in [-0.2, 0) is 32.7 Å². The van der Waals surface area contributed by atoms with E-state index in [-0.39, 0.29) is 59.1 Å². The molecule has 2 aliphatic heterocycles. The van der Waals surface area contributed by atoms with Gasteiger partial charge >= 0.3 is 11.9 Å². The van der Waals surface area contributed by atoms with Crippen molar-refractivity contribution in [2.45, 2.75) is 188 Å². The van der Waals surface area contributed by atoms with Crippen molar-refractivity contribution in [2.24, 2.45) is 16.7 Å². The SMILES string of the molecule is CC(=C/[C@@H]1O[C@H](C/C=C/C=C/C(=O)O)C[C@@H](O[Si](C)(C)C(C)(C)C)[C@@H]1C)/C=C/C/C=C\[C@@H]1C[C@@H](O)[C@@](C)(CO[Si](C)(C)C(C)(C)C)[C@H](CCOC(=O)C(C)(C)C)O1. The van der Waals surface area contributed by atoms with Gasteiger partial charge in [0.1, 0.15) is 0 Å². The van der Waals surface area contributed by atoms with Gasteiger partial charge in [-0.1, -0.05) is 110 Å². The first-order valence-corrected chi connectivity index (χ1v) is 26.9. The van der Waals surface area contributed by atoms with Crippen molar-refractivity contribution < 1.29 is 42.9 Å². The lowest BCUT2D eigenvalue weighted by Gasteiger charge is -2.49. The van der Waals surface area contributed by atoms with Crippen LogP contribution in [0.15, 0.2) is 60.3 Å². The molecule has 326 valence electrons. The summed E-state index contributed by atoms with van der Waals surface area (Å²) in [5.74, 6) is -1.07. The summed E-state index contributed by atoms with van der Waals surface area (Å²) in [5.41, 5.74) is -0.158. The molecule has 2 N–H and O–H groups in total. The van der Waals surface area contributed by atoms with E-state index in [0.29, 0.717) is 32.3 Å². The number of carbonyl (C=O) groups is 2. The van der Waals surface area contributed by atoms with E-state index in [1.54, 1.807) is 6.08 Å². The van der Waals surface area contributed by atoms with E-state index < -0.39 is 39.5 Å². The Hall–Kier alpha value is -2.13. The van der Waals surface area contributed by atoms with E-state index >= 15 is 0 Å². The molecule has 2 heterocycles. The first-order chi connectivity index (χ1) is 26.0. The number of hydrogen-bond acceptors (Lipinski definition) is 8. The molecular weight excluding hydrogens is 753 g/mol. The van der Waals surface area contributed by atoms with Gasteiger partial charge in [0.2, 0.25) is 0 Å². The lowest BCUT2D eigenvalue weighted by molar-refractivity contribution is -0.187. The summed E-state index contributed by atoms with van der Waals surface area (Å²) >= 11 is 0. The first-order valence-electron chi connectivity index (χ1n) is 21.1. The molecule has 8 atom stereocenters. The highest BCUT2D eigenvalue weighted by molar-refractivity contribution is 6.74. The lowest BCUT2D eigenvalue weighted by atomic mass is 9.74. The number of allylic oxidation sites excluding steroid dienone is 6. The molecule has 0 bridgehead atoms. The molecule has 2 rings (SSSR count). The molecule has 0 unspecified atom stereocenters. The van der Waals surface area contributed by atoms with Crippen molar-refractivity contribution >= 4 is 28.6 Å². The minimum absolute atomic E-state index is 0.0284. The number of aliphatic hydroxyl groups excluding tert-OH is 1. The highest BCUT2D eigenvalue weighted by Crippen LogP contribution is 2.44. The van der Waals surface area contributed by atoms with Crippen LogP contribution in [0.1, 0.15) is 115 Å². The number of aliphatic carboxylic acids is 1. The van der Waals surface area contributed by atoms with Crippen molar-refractivity contribution in [3.63, 3.8) is 0 Å². The molecule has 0 radical (unpaired) electrons. The van der Waals surface area contributed by atoms with E-state index in [2.05, 4.69) is 106 Å². The molecule has 9 nitrogen and oxygen atoms in total. The summed E-state index contributed by atoms with van der Waals surface area (Å²) in [5, 5.41) is 20.7. The van der Waals surface area contributed by atoms with Crippen LogP contribution in [0.2, 0.25) is 36.3 Å². The van der Waals surface area contributed by atoms with Gasteiger partial charge in [-0.15, -0.1) is 0 Å². The minimum atomic E-state index is -2.09. The van der Waals surface area contributed by atoms with E-state index in [9.17, 15) is 14.7 Å². The van der Waals surface area contributed by atoms with Crippen molar-refractivity contribution in [1.29, 1.82) is 0 Å². The molecule has 0 saturated carbocycles. The van der Waals surface area contributed by atoms with Gasteiger partial charge in [-0.3, -0.25) is 4.79 Å². The number of esters is 1. The fourth-order valence-corrected chi connectivity index (χ4v) is 8.86. The quantitative estimate of drug-likeness (QED) is 0.0485. The van der Waals surface area contributed by atoms with Gasteiger partial charge in [0.05, 0.1) is 48.6 Å². The maximum Gasteiger partial charge on any atom is 0.328 e. The number of carbonyl (C=O) groups excluding carboxylic acids is 1. The van der Waals surface area contributed by atoms with E-state index in [0.717, 1.165) is 18.1 Å². The zero-order chi connectivity index (χ0) is 43.6. The van der Waals surface area contributed by atoms with Crippen LogP contribution < -0.4 is 0 Å². The third-order valence-electron chi connectivity index (χ3n) is 12.6. The molecule has 2 saturated heterocycles. The van der Waals surface area contributed by atoms with Crippen LogP contribution in [0, 0.1) is 16.7 Å². The highest BCUT2D eigenvalue weighted by atomic mass is 28.4. The Balaban J connectivity index is 2.18. The molecule has 0 amide bonds. The number of carboxylic acid groups (broad SMARTS) is 1. The van der Waals surface area contributed by atoms with Crippen molar-refractivity contribution in [1.82, 2.24) is 0 Å². The van der Waals surface area contributed by atoms with Gasteiger partial charge in [0.25, 0.3) is 0 Å². The fraction of sp³-hybridized carbons (Fsp3) is 0.739. The molecule has 0 aliphatic carbocycles. The zero-order valence-corrected chi connectivity index (χ0v) is 40.4. The second-order valence-corrected chi connectivity index (χ2v) is 30.3. The number of hydrogen-bond donors (Lipinski definition) is 2. The first kappa shape index (κ1) is 51.0. The lowest BCUT2D eigenvalue weighted by Crippen LogP contribution is -2.56. The maximum absolute atomic E-state index is 12.5. The van der Waals surface area contributed by atoms with Crippen LogP contribution in [0.5, 0.6) is 0 Å². The van der Waals surface area contributed by atoms with Gasteiger partial charge in [-0.25, -0.2) is 4.79 Å². The predicted octanol–water partition coefficient (Wildman–Crippen LogP) is 10.7. The molecule has 11 heteroatoms. The van der Waals surface area contributed by atoms with E-state index in [1.165, 1.54) is 6.08 Å². The Kier molecular flexibility index (Phi) is 18.7. The molecule has 2 aliphatic rings. The summed E-state index contributed by atoms with van der Waals surface area (Å²) in [6, 6.07) is 0. The molecule has 0 spiro atoms. The third-order valence-corrected chi connectivity index (χ3v) is 21.6. The highest BCUT2D eigenvalue weighted by Gasteiger charge is 2.49. The van der Waals surface area contributed by atoms with Crippen LogP contribution in [0.4, 0.5) is 0 Å². The Bertz CT molecular complexity index is 1460. The Morgan fingerprint density at radius 3 is 2.09 bits per heavy atom. The predicted molar refractivity (Wildman–Crippen MR) is 237 cm³/mol. The molecule has 0 aromatic carbocycles. The van der Waals surface area contributed by atoms with Gasteiger partial charge in [0.15, 0.2) is 16.6 Å². The zero-order valence-electron chi connectivity index (χ0n) is 38.4. The number of rotatable bonds is 17. The number of carboxylic acids is 1. The summed E-state index contributed by atoms with van der Waals surface area (Å²) in [6.45, 7) is 34.9. The smallest absolute Gasteiger partial charge is 0.328 e. The Morgan fingerprint density at radius 1 is 0.877 bits per heavy atom. The average molecular weight is 833 g/mol. The van der Waals surface area contributed by atoms with Gasteiger partial charge in [-0.2, -0.15) is 0 Å². The van der Waals surface area contributed by atoms with Crippen molar-refractivity contribution in [3.8, 4) is 0 Å². The van der Waals surface area contributed by atoms with Crippen LogP contribution in [0.3, 0.4) is 0 Å².